The van der Waals surface area contributed by atoms with Crippen LogP contribution in [-0.2, 0) is 10.0 Å². The summed E-state index contributed by atoms with van der Waals surface area (Å²) in [6, 6.07) is 4.93. The highest BCUT2D eigenvalue weighted by atomic mass is 35.5. The molecule has 1 rings (SSSR count). The summed E-state index contributed by atoms with van der Waals surface area (Å²) in [6.07, 6.45) is 0. The molecular weight excluding hydrogens is 254 g/mol. The predicted octanol–water partition coefficient (Wildman–Crippen LogP) is 2.49. The summed E-state index contributed by atoms with van der Waals surface area (Å²) in [5.74, 6) is 0. The normalized spacial score (nSPS) is 12.1. The summed E-state index contributed by atoms with van der Waals surface area (Å²) in [4.78, 5) is 0.616. The van der Waals surface area contributed by atoms with Crippen LogP contribution in [0.1, 0.15) is 13.8 Å². The number of hydrogen-bond acceptors (Lipinski definition) is 3. The summed E-state index contributed by atoms with van der Waals surface area (Å²) in [5, 5.41) is 5.55. The molecule has 0 saturated heterocycles. The van der Waals surface area contributed by atoms with Crippen molar-refractivity contribution in [3.8, 4) is 0 Å². The van der Waals surface area contributed by atoms with Gasteiger partial charge in [0.15, 0.2) is 0 Å². The van der Waals surface area contributed by atoms with Gasteiger partial charge in [-0.2, -0.15) is 0 Å². The van der Waals surface area contributed by atoms with Crippen molar-refractivity contribution in [2.24, 2.45) is 5.14 Å². The summed E-state index contributed by atoms with van der Waals surface area (Å²) in [7, 11) is -3.76. The third-order valence-corrected chi connectivity index (χ3v) is 4.21. The molecule has 0 radical (unpaired) electrons. The first kappa shape index (κ1) is 12.8. The lowest BCUT2D eigenvalue weighted by Crippen LogP contribution is -2.14. The van der Waals surface area contributed by atoms with Gasteiger partial charge in [0.1, 0.15) is 4.90 Å². The van der Waals surface area contributed by atoms with Crippen LogP contribution in [-0.4, -0.2) is 13.7 Å². The van der Waals surface area contributed by atoms with Crippen LogP contribution in [0.2, 0.25) is 5.02 Å². The number of nitrogens with two attached hydrogens (primary N) is 1. The van der Waals surface area contributed by atoms with Crippen molar-refractivity contribution in [3.63, 3.8) is 0 Å². The van der Waals surface area contributed by atoms with Gasteiger partial charge in [0.25, 0.3) is 0 Å². The van der Waals surface area contributed by atoms with Crippen LogP contribution in [0.5, 0.6) is 0 Å². The van der Waals surface area contributed by atoms with E-state index in [4.69, 9.17) is 16.7 Å². The minimum atomic E-state index is -3.76. The van der Waals surface area contributed by atoms with E-state index in [2.05, 4.69) is 0 Å². The molecule has 0 aliphatic heterocycles. The Morgan fingerprint density at radius 1 is 1.40 bits per heavy atom. The summed E-state index contributed by atoms with van der Waals surface area (Å²) >= 11 is 7.25. The van der Waals surface area contributed by atoms with Gasteiger partial charge in [0.05, 0.1) is 5.02 Å². The Morgan fingerprint density at radius 3 is 2.47 bits per heavy atom. The molecule has 15 heavy (non-hydrogen) atoms. The molecule has 0 fully saturated rings. The lowest BCUT2D eigenvalue weighted by atomic mass is 10.4. The standard InChI is InChI=1S/C9H12ClNO2S2/c1-6(2)14-8-5-3-4-7(10)9(8)15(11,12)13/h3-6H,1-2H3,(H2,11,12,13). The molecule has 2 N–H and O–H groups in total. The molecule has 0 spiro atoms. The highest BCUT2D eigenvalue weighted by Crippen LogP contribution is 2.33. The maximum atomic E-state index is 11.3. The highest BCUT2D eigenvalue weighted by molar-refractivity contribution is 8.00. The Morgan fingerprint density at radius 2 is 2.00 bits per heavy atom. The molecule has 1 aromatic rings. The molecule has 0 heterocycles. The van der Waals surface area contributed by atoms with Crippen LogP contribution in [0.15, 0.2) is 28.0 Å². The quantitative estimate of drug-likeness (QED) is 0.854. The first-order chi connectivity index (χ1) is 6.82. The SMILES string of the molecule is CC(C)Sc1cccc(Cl)c1S(N)(=O)=O. The number of halogens is 1. The van der Waals surface area contributed by atoms with Crippen molar-refractivity contribution in [3.05, 3.63) is 23.2 Å². The number of hydrogen-bond donors (Lipinski definition) is 1. The van der Waals surface area contributed by atoms with E-state index in [1.54, 1.807) is 12.1 Å². The fraction of sp³-hybridized carbons (Fsp3) is 0.333. The molecule has 0 aliphatic rings. The Kier molecular flexibility index (Phi) is 4.06. The third kappa shape index (κ3) is 3.38. The number of rotatable bonds is 3. The predicted molar refractivity (Wildman–Crippen MR) is 63.8 cm³/mol. The molecule has 0 aliphatic carbocycles. The lowest BCUT2D eigenvalue weighted by molar-refractivity contribution is 0.596. The van der Waals surface area contributed by atoms with Crippen LogP contribution in [0.4, 0.5) is 0 Å². The lowest BCUT2D eigenvalue weighted by Gasteiger charge is -2.10. The van der Waals surface area contributed by atoms with E-state index in [1.807, 2.05) is 13.8 Å². The summed E-state index contributed by atoms with van der Waals surface area (Å²) < 4.78 is 22.7. The molecule has 0 atom stereocenters. The van der Waals surface area contributed by atoms with Gasteiger partial charge < -0.3 is 0 Å². The summed E-state index contributed by atoms with van der Waals surface area (Å²) in [6.45, 7) is 3.94. The molecule has 0 bridgehead atoms. The first-order valence-electron chi connectivity index (χ1n) is 4.30. The Labute approximate surface area is 99.1 Å². The van der Waals surface area contributed by atoms with Gasteiger partial charge in [0.2, 0.25) is 10.0 Å². The molecule has 0 amide bonds. The van der Waals surface area contributed by atoms with Gasteiger partial charge in [-0.05, 0) is 12.1 Å². The average molecular weight is 266 g/mol. The van der Waals surface area contributed by atoms with Crippen molar-refractivity contribution < 1.29 is 8.42 Å². The number of primary sulfonamides is 1. The minimum absolute atomic E-state index is 0.0189. The first-order valence-corrected chi connectivity index (χ1v) is 7.10. The van der Waals surface area contributed by atoms with Crippen molar-refractivity contribution in [1.29, 1.82) is 0 Å². The molecule has 0 saturated carbocycles. The second-order valence-corrected chi connectivity index (χ2v) is 6.80. The van der Waals surface area contributed by atoms with E-state index in [0.717, 1.165) is 0 Å². The average Bonchev–Trinajstić information content (AvgIpc) is 1.99. The molecule has 0 aromatic heterocycles. The van der Waals surface area contributed by atoms with Crippen LogP contribution in [0, 0.1) is 0 Å². The second kappa shape index (κ2) is 4.74. The Balaban J connectivity index is 3.34. The van der Waals surface area contributed by atoms with Gasteiger partial charge in [0, 0.05) is 10.1 Å². The maximum absolute atomic E-state index is 11.3. The molecule has 0 unspecified atom stereocenters. The maximum Gasteiger partial charge on any atom is 0.240 e. The fourth-order valence-corrected chi connectivity index (χ4v) is 3.73. The third-order valence-electron chi connectivity index (χ3n) is 1.58. The topological polar surface area (TPSA) is 60.2 Å². The molecule has 6 heteroatoms. The minimum Gasteiger partial charge on any atom is -0.225 e. The van der Waals surface area contributed by atoms with E-state index in [9.17, 15) is 8.42 Å². The Hall–Kier alpha value is -0.230. The van der Waals surface area contributed by atoms with Gasteiger partial charge in [-0.25, -0.2) is 13.6 Å². The van der Waals surface area contributed by atoms with Crippen LogP contribution in [0.25, 0.3) is 0 Å². The van der Waals surface area contributed by atoms with E-state index in [1.165, 1.54) is 17.8 Å². The molecule has 84 valence electrons. The second-order valence-electron chi connectivity index (χ2n) is 3.28. The van der Waals surface area contributed by atoms with Crippen molar-refractivity contribution in [2.45, 2.75) is 28.9 Å². The number of sulfonamides is 1. The molecular formula is C9H12ClNO2S2. The van der Waals surface area contributed by atoms with Gasteiger partial charge in [-0.15, -0.1) is 11.8 Å². The highest BCUT2D eigenvalue weighted by Gasteiger charge is 2.18. The van der Waals surface area contributed by atoms with Crippen LogP contribution >= 0.6 is 23.4 Å². The van der Waals surface area contributed by atoms with Gasteiger partial charge >= 0.3 is 0 Å². The smallest absolute Gasteiger partial charge is 0.225 e. The van der Waals surface area contributed by atoms with Crippen molar-refractivity contribution >= 4 is 33.4 Å². The molecule has 1 aromatic carbocycles. The van der Waals surface area contributed by atoms with Crippen molar-refractivity contribution in [2.75, 3.05) is 0 Å². The number of benzene rings is 1. The van der Waals surface area contributed by atoms with Crippen LogP contribution in [0.3, 0.4) is 0 Å². The van der Waals surface area contributed by atoms with Crippen LogP contribution < -0.4 is 5.14 Å². The van der Waals surface area contributed by atoms with E-state index < -0.39 is 10.0 Å². The Bertz CT molecular complexity index is 457. The van der Waals surface area contributed by atoms with Gasteiger partial charge in [-0.3, -0.25) is 0 Å². The summed E-state index contributed by atoms with van der Waals surface area (Å²) in [5.41, 5.74) is 0. The van der Waals surface area contributed by atoms with Crippen molar-refractivity contribution in [1.82, 2.24) is 0 Å². The van der Waals surface area contributed by atoms with E-state index in [0.29, 0.717) is 4.90 Å². The van der Waals surface area contributed by atoms with Gasteiger partial charge in [-0.1, -0.05) is 31.5 Å². The zero-order valence-corrected chi connectivity index (χ0v) is 10.8. The zero-order valence-electron chi connectivity index (χ0n) is 8.40. The monoisotopic (exact) mass is 265 g/mol. The number of thioether (sulfide) groups is 1. The molecule has 3 nitrogen and oxygen atoms in total. The largest absolute Gasteiger partial charge is 0.240 e. The fourth-order valence-electron chi connectivity index (χ4n) is 1.11. The van der Waals surface area contributed by atoms with E-state index >= 15 is 0 Å². The zero-order chi connectivity index (χ0) is 11.6. The van der Waals surface area contributed by atoms with E-state index in [-0.39, 0.29) is 15.2 Å².